The number of rotatable bonds is 3. The lowest BCUT2D eigenvalue weighted by atomic mass is 10.0. The van der Waals surface area contributed by atoms with Crippen LogP contribution < -0.4 is 0 Å². The van der Waals surface area contributed by atoms with Crippen molar-refractivity contribution in [3.63, 3.8) is 0 Å². The fourth-order valence-electron chi connectivity index (χ4n) is 3.30. The molecule has 0 spiro atoms. The maximum Gasteiger partial charge on any atom is 0.180 e. The Labute approximate surface area is 145 Å². The average molecular weight is 332 g/mol. The third-order valence-corrected chi connectivity index (χ3v) is 4.55. The van der Waals surface area contributed by atoms with E-state index in [1.54, 1.807) is 11.0 Å². The van der Waals surface area contributed by atoms with Crippen molar-refractivity contribution in [2.45, 2.75) is 26.6 Å². The topological polar surface area (TPSA) is 44.9 Å². The minimum absolute atomic E-state index is 0.284. The highest BCUT2D eigenvalue weighted by atomic mass is 19.1. The third-order valence-electron chi connectivity index (χ3n) is 4.55. The molecule has 124 valence electrons. The maximum absolute atomic E-state index is 14.4. The normalized spacial score (nSPS) is 12.9. The summed E-state index contributed by atoms with van der Waals surface area (Å²) in [5, 5.41) is 14.0. The number of halogens is 1. The number of hydrogen-bond donors (Lipinski definition) is 0. The van der Waals surface area contributed by atoms with Crippen LogP contribution in [0.4, 0.5) is 4.39 Å². The summed E-state index contributed by atoms with van der Waals surface area (Å²) < 4.78 is 16.3. The highest BCUT2D eigenvalue weighted by molar-refractivity contribution is 5.66. The van der Waals surface area contributed by atoms with Crippen LogP contribution >= 0.6 is 0 Å². The van der Waals surface area contributed by atoms with Crippen molar-refractivity contribution in [3.8, 4) is 17.5 Å². The Kier molecular flexibility index (Phi) is 3.73. The van der Waals surface area contributed by atoms with Crippen LogP contribution in [-0.4, -0.2) is 14.7 Å². The second-order valence-electron chi connectivity index (χ2n) is 6.36. The first-order valence-electron chi connectivity index (χ1n) is 8.19. The van der Waals surface area contributed by atoms with Gasteiger partial charge in [-0.05, 0) is 24.6 Å². The second kappa shape index (κ2) is 6.06. The molecule has 1 aliphatic rings. The Morgan fingerprint density at radius 1 is 1.16 bits per heavy atom. The molecule has 1 aromatic heterocycles. The van der Waals surface area contributed by atoms with Crippen LogP contribution in [0.15, 0.2) is 48.5 Å². The summed E-state index contributed by atoms with van der Waals surface area (Å²) >= 11 is 0. The molecule has 2 aromatic carbocycles. The second-order valence-corrected chi connectivity index (χ2v) is 6.36. The smallest absolute Gasteiger partial charge is 0.180 e. The summed E-state index contributed by atoms with van der Waals surface area (Å²) in [5.74, 6) is -0.284. The van der Waals surface area contributed by atoms with Crippen LogP contribution in [0.1, 0.15) is 22.4 Å². The molecule has 0 radical (unpaired) electrons. The van der Waals surface area contributed by atoms with Gasteiger partial charge in [-0.2, -0.15) is 10.4 Å². The summed E-state index contributed by atoms with van der Waals surface area (Å²) in [4.78, 5) is 1.67. The van der Waals surface area contributed by atoms with E-state index in [-0.39, 0.29) is 5.82 Å². The molecule has 2 heterocycles. The van der Waals surface area contributed by atoms with Crippen molar-refractivity contribution >= 4 is 0 Å². The van der Waals surface area contributed by atoms with Gasteiger partial charge in [0.1, 0.15) is 11.5 Å². The number of hydrogen-bond acceptors (Lipinski definition) is 3. The van der Waals surface area contributed by atoms with Gasteiger partial charge in [0.25, 0.3) is 0 Å². The molecule has 0 fully saturated rings. The van der Waals surface area contributed by atoms with Gasteiger partial charge in [-0.15, -0.1) is 0 Å². The Bertz CT molecular complexity index is 969. The van der Waals surface area contributed by atoms with E-state index in [9.17, 15) is 9.65 Å². The van der Waals surface area contributed by atoms with Crippen molar-refractivity contribution in [1.29, 1.82) is 5.26 Å². The van der Waals surface area contributed by atoms with Crippen LogP contribution in [0.5, 0.6) is 0 Å². The van der Waals surface area contributed by atoms with Crippen LogP contribution in [0.3, 0.4) is 0 Å². The van der Waals surface area contributed by atoms with E-state index in [0.717, 1.165) is 22.4 Å². The molecule has 0 amide bonds. The molecular weight excluding hydrogens is 315 g/mol. The van der Waals surface area contributed by atoms with E-state index in [1.165, 1.54) is 6.07 Å². The number of aryl methyl sites for hydroxylation is 1. The summed E-state index contributed by atoms with van der Waals surface area (Å²) in [6.45, 7) is 3.53. The van der Waals surface area contributed by atoms with E-state index in [1.807, 2.05) is 48.0 Å². The molecule has 0 N–H and O–H groups in total. The van der Waals surface area contributed by atoms with Gasteiger partial charge >= 0.3 is 0 Å². The summed E-state index contributed by atoms with van der Waals surface area (Å²) in [6.07, 6.45) is 2.19. The molecule has 4 rings (SSSR count). The molecule has 0 bridgehead atoms. The lowest BCUT2D eigenvalue weighted by molar-refractivity contribution is 0.403. The minimum atomic E-state index is -0.284. The van der Waals surface area contributed by atoms with Gasteiger partial charge in [0.2, 0.25) is 0 Å². The molecule has 0 unspecified atom stereocenters. The van der Waals surface area contributed by atoms with E-state index in [4.69, 9.17) is 5.10 Å². The Morgan fingerprint density at radius 3 is 2.72 bits per heavy atom. The quantitative estimate of drug-likeness (QED) is 0.685. The standard InChI is InChI=1S/C20H17FN4/c1-14-7-8-18(21)16(9-14)20-17-11-24(13-22)12-19(17)25(23-20)10-15-5-3-2-4-6-15/h2-9H,10-12H2,1H3. The summed E-state index contributed by atoms with van der Waals surface area (Å²) in [6, 6.07) is 15.1. The van der Waals surface area contributed by atoms with Gasteiger partial charge in [0.15, 0.2) is 6.19 Å². The predicted molar refractivity (Wildman–Crippen MR) is 92.8 cm³/mol. The molecular formula is C20H17FN4. The van der Waals surface area contributed by atoms with Crippen molar-refractivity contribution in [3.05, 3.63) is 76.7 Å². The first-order valence-corrected chi connectivity index (χ1v) is 8.19. The Morgan fingerprint density at radius 2 is 1.96 bits per heavy atom. The molecule has 4 nitrogen and oxygen atoms in total. The van der Waals surface area contributed by atoms with Gasteiger partial charge < -0.3 is 4.90 Å². The zero-order valence-corrected chi connectivity index (χ0v) is 13.9. The van der Waals surface area contributed by atoms with Crippen molar-refractivity contribution in [1.82, 2.24) is 14.7 Å². The van der Waals surface area contributed by atoms with Crippen LogP contribution in [0.25, 0.3) is 11.3 Å². The molecule has 5 heteroatoms. The van der Waals surface area contributed by atoms with Gasteiger partial charge in [-0.1, -0.05) is 42.0 Å². The van der Waals surface area contributed by atoms with Crippen molar-refractivity contribution in [2.24, 2.45) is 0 Å². The largest absolute Gasteiger partial charge is 0.300 e. The fraction of sp³-hybridized carbons (Fsp3) is 0.200. The molecule has 0 saturated heterocycles. The molecule has 25 heavy (non-hydrogen) atoms. The van der Waals surface area contributed by atoms with Crippen molar-refractivity contribution < 1.29 is 4.39 Å². The van der Waals surface area contributed by atoms with Crippen LogP contribution in [0.2, 0.25) is 0 Å². The first kappa shape index (κ1) is 15.4. The van der Waals surface area contributed by atoms with E-state index < -0.39 is 0 Å². The molecule has 1 aliphatic heterocycles. The SMILES string of the molecule is Cc1ccc(F)c(-c2nn(Cc3ccccc3)c3c2CN(C#N)C3)c1. The monoisotopic (exact) mass is 332 g/mol. The number of nitrogens with zero attached hydrogens (tertiary/aromatic N) is 4. The third kappa shape index (κ3) is 2.76. The maximum atomic E-state index is 14.4. The highest BCUT2D eigenvalue weighted by Crippen LogP contribution is 2.34. The fourth-order valence-corrected chi connectivity index (χ4v) is 3.30. The number of nitriles is 1. The number of benzene rings is 2. The van der Waals surface area contributed by atoms with Gasteiger partial charge in [-0.3, -0.25) is 4.68 Å². The summed E-state index contributed by atoms with van der Waals surface area (Å²) in [7, 11) is 0. The van der Waals surface area contributed by atoms with E-state index in [2.05, 4.69) is 6.19 Å². The van der Waals surface area contributed by atoms with E-state index >= 15 is 0 Å². The zero-order valence-electron chi connectivity index (χ0n) is 13.9. The van der Waals surface area contributed by atoms with Crippen LogP contribution in [0, 0.1) is 24.2 Å². The lowest BCUT2D eigenvalue weighted by Crippen LogP contribution is -2.13. The van der Waals surface area contributed by atoms with Crippen LogP contribution in [-0.2, 0) is 19.6 Å². The van der Waals surface area contributed by atoms with Gasteiger partial charge in [0.05, 0.1) is 25.3 Å². The molecule has 0 atom stereocenters. The summed E-state index contributed by atoms with van der Waals surface area (Å²) in [5.41, 5.74) is 5.19. The highest BCUT2D eigenvalue weighted by Gasteiger charge is 2.29. The van der Waals surface area contributed by atoms with Gasteiger partial charge in [0, 0.05) is 11.1 Å². The minimum Gasteiger partial charge on any atom is -0.300 e. The molecule has 0 aliphatic carbocycles. The lowest BCUT2D eigenvalue weighted by Gasteiger charge is -2.10. The first-order chi connectivity index (χ1) is 12.2. The van der Waals surface area contributed by atoms with Crippen molar-refractivity contribution in [2.75, 3.05) is 0 Å². The molecule has 3 aromatic rings. The molecule has 0 saturated carbocycles. The predicted octanol–water partition coefficient (Wildman–Crippen LogP) is 3.84. The number of aromatic nitrogens is 2. The van der Waals surface area contributed by atoms with E-state index in [0.29, 0.717) is 30.9 Å². The number of fused-ring (bicyclic) bond motifs is 1. The Hall–Kier alpha value is -3.13. The zero-order chi connectivity index (χ0) is 17.4. The van der Waals surface area contributed by atoms with Gasteiger partial charge in [-0.25, -0.2) is 4.39 Å². The average Bonchev–Trinajstić information content (AvgIpc) is 3.18. The Balaban J connectivity index is 1.82.